The van der Waals surface area contributed by atoms with Crippen molar-refractivity contribution in [2.45, 2.75) is 23.7 Å². The highest BCUT2D eigenvalue weighted by atomic mass is 32.2. The summed E-state index contributed by atoms with van der Waals surface area (Å²) in [7, 11) is 0. The fourth-order valence-corrected chi connectivity index (χ4v) is 2.97. The molecule has 2 heterocycles. The standard InChI is InChI=1S/C14H15FN4OS/c15-10-3-1-2-4-12(10)21-8-13-17-11-5-6-20-7-9(11)14(18-13)19-16/h1-4H,5-8,16H2,(H,17,18,19). The normalized spacial score (nSPS) is 13.8. The number of hydrogen-bond donors (Lipinski definition) is 2. The molecule has 110 valence electrons. The molecule has 0 amide bonds. The van der Waals surface area contributed by atoms with Gasteiger partial charge in [0.2, 0.25) is 0 Å². The van der Waals surface area contributed by atoms with Crippen molar-refractivity contribution in [3.63, 3.8) is 0 Å². The molecular weight excluding hydrogens is 291 g/mol. The highest BCUT2D eigenvalue weighted by Crippen LogP contribution is 2.27. The minimum Gasteiger partial charge on any atom is -0.376 e. The van der Waals surface area contributed by atoms with Crippen LogP contribution in [0.15, 0.2) is 29.2 Å². The molecule has 3 rings (SSSR count). The average molecular weight is 306 g/mol. The molecule has 0 radical (unpaired) electrons. The van der Waals surface area contributed by atoms with Gasteiger partial charge >= 0.3 is 0 Å². The second-order valence-electron chi connectivity index (χ2n) is 4.58. The van der Waals surface area contributed by atoms with E-state index in [-0.39, 0.29) is 5.82 Å². The van der Waals surface area contributed by atoms with Crippen LogP contribution < -0.4 is 11.3 Å². The molecule has 0 saturated carbocycles. The Labute approximate surface area is 126 Å². The quantitative estimate of drug-likeness (QED) is 0.513. The van der Waals surface area contributed by atoms with Gasteiger partial charge < -0.3 is 10.2 Å². The van der Waals surface area contributed by atoms with Gasteiger partial charge in [0.25, 0.3) is 0 Å². The number of benzene rings is 1. The lowest BCUT2D eigenvalue weighted by Gasteiger charge is -2.19. The third kappa shape index (κ3) is 3.15. The second kappa shape index (κ2) is 6.38. The number of nitrogens with zero attached hydrogens (tertiary/aromatic N) is 2. The summed E-state index contributed by atoms with van der Waals surface area (Å²) in [5.41, 5.74) is 4.45. The van der Waals surface area contributed by atoms with E-state index in [1.54, 1.807) is 12.1 Å². The molecule has 7 heteroatoms. The number of halogens is 1. The van der Waals surface area contributed by atoms with E-state index in [9.17, 15) is 4.39 Å². The van der Waals surface area contributed by atoms with Gasteiger partial charge in [-0.1, -0.05) is 12.1 Å². The Bertz CT molecular complexity index is 636. The van der Waals surface area contributed by atoms with Gasteiger partial charge in [-0.05, 0) is 12.1 Å². The number of nitrogens with one attached hydrogen (secondary N) is 1. The summed E-state index contributed by atoms with van der Waals surface area (Å²) >= 11 is 1.37. The van der Waals surface area contributed by atoms with Gasteiger partial charge in [-0.25, -0.2) is 20.2 Å². The van der Waals surface area contributed by atoms with Crippen LogP contribution in [0, 0.1) is 5.82 Å². The number of nitrogen functional groups attached to an aromatic ring is 1. The number of ether oxygens (including phenoxy) is 1. The molecule has 0 unspecified atom stereocenters. The molecule has 3 N–H and O–H groups in total. The Morgan fingerprint density at radius 1 is 1.33 bits per heavy atom. The first-order chi connectivity index (χ1) is 10.3. The van der Waals surface area contributed by atoms with Crippen LogP contribution in [0.25, 0.3) is 0 Å². The molecule has 2 aromatic rings. The largest absolute Gasteiger partial charge is 0.376 e. The predicted molar refractivity (Wildman–Crippen MR) is 79.2 cm³/mol. The maximum atomic E-state index is 13.6. The van der Waals surface area contributed by atoms with Crippen LogP contribution in [0.3, 0.4) is 0 Å². The lowest BCUT2D eigenvalue weighted by atomic mass is 10.1. The molecule has 1 aliphatic heterocycles. The SMILES string of the molecule is NNc1nc(CSc2ccccc2F)nc2c1COCC2. The molecule has 5 nitrogen and oxygen atoms in total. The smallest absolute Gasteiger partial charge is 0.149 e. The molecule has 0 bridgehead atoms. The molecule has 1 aromatic heterocycles. The van der Waals surface area contributed by atoms with Crippen molar-refractivity contribution in [3.05, 3.63) is 47.2 Å². The van der Waals surface area contributed by atoms with Gasteiger partial charge in [-0.15, -0.1) is 11.8 Å². The molecular formula is C14H15FN4OS. The monoisotopic (exact) mass is 306 g/mol. The van der Waals surface area contributed by atoms with Crippen LogP contribution in [0.2, 0.25) is 0 Å². The molecule has 0 fully saturated rings. The van der Waals surface area contributed by atoms with Crippen molar-refractivity contribution < 1.29 is 9.13 Å². The van der Waals surface area contributed by atoms with Crippen molar-refractivity contribution in [2.24, 2.45) is 5.84 Å². The summed E-state index contributed by atoms with van der Waals surface area (Å²) < 4.78 is 19.0. The Morgan fingerprint density at radius 3 is 3.00 bits per heavy atom. The number of hydrogen-bond acceptors (Lipinski definition) is 6. The highest BCUT2D eigenvalue weighted by Gasteiger charge is 2.18. The van der Waals surface area contributed by atoms with Gasteiger partial charge in [0.1, 0.15) is 17.5 Å². The molecule has 21 heavy (non-hydrogen) atoms. The Morgan fingerprint density at radius 2 is 2.19 bits per heavy atom. The first-order valence-corrected chi connectivity index (χ1v) is 7.57. The predicted octanol–water partition coefficient (Wildman–Crippen LogP) is 2.27. The van der Waals surface area contributed by atoms with Gasteiger partial charge in [-0.3, -0.25) is 0 Å². The van der Waals surface area contributed by atoms with Gasteiger partial charge in [0, 0.05) is 16.9 Å². The van der Waals surface area contributed by atoms with E-state index in [0.717, 1.165) is 17.7 Å². The summed E-state index contributed by atoms with van der Waals surface area (Å²) in [4.78, 5) is 9.50. The molecule has 1 aromatic carbocycles. The van der Waals surface area contributed by atoms with Crippen molar-refractivity contribution in [1.82, 2.24) is 9.97 Å². The average Bonchev–Trinajstić information content (AvgIpc) is 2.53. The maximum Gasteiger partial charge on any atom is 0.149 e. The summed E-state index contributed by atoms with van der Waals surface area (Å²) in [5.74, 6) is 6.99. The first kappa shape index (κ1) is 14.2. The van der Waals surface area contributed by atoms with Crippen molar-refractivity contribution in [3.8, 4) is 0 Å². The van der Waals surface area contributed by atoms with E-state index in [2.05, 4.69) is 15.4 Å². The van der Waals surface area contributed by atoms with E-state index >= 15 is 0 Å². The Kier molecular flexibility index (Phi) is 4.33. The van der Waals surface area contributed by atoms with E-state index in [4.69, 9.17) is 10.6 Å². The first-order valence-electron chi connectivity index (χ1n) is 6.58. The number of thioether (sulfide) groups is 1. The van der Waals surface area contributed by atoms with Crippen LogP contribution >= 0.6 is 11.8 Å². The highest BCUT2D eigenvalue weighted by molar-refractivity contribution is 7.98. The summed E-state index contributed by atoms with van der Waals surface area (Å²) in [6, 6.07) is 6.67. The third-order valence-electron chi connectivity index (χ3n) is 3.20. The second-order valence-corrected chi connectivity index (χ2v) is 5.60. The topological polar surface area (TPSA) is 73.1 Å². The van der Waals surface area contributed by atoms with E-state index < -0.39 is 0 Å². The number of hydrazine groups is 1. The van der Waals surface area contributed by atoms with Crippen LogP contribution in [-0.4, -0.2) is 16.6 Å². The number of rotatable bonds is 4. The summed E-state index contributed by atoms with van der Waals surface area (Å²) in [5, 5.41) is 0. The van der Waals surface area contributed by atoms with Crippen molar-refractivity contribution >= 4 is 17.6 Å². The number of anilines is 1. The number of fused-ring (bicyclic) bond motifs is 1. The van der Waals surface area contributed by atoms with Crippen molar-refractivity contribution in [1.29, 1.82) is 0 Å². The lowest BCUT2D eigenvalue weighted by Crippen LogP contribution is -2.20. The van der Waals surface area contributed by atoms with Crippen LogP contribution in [0.5, 0.6) is 0 Å². The zero-order valence-corrected chi connectivity index (χ0v) is 12.1. The Balaban J connectivity index is 1.81. The van der Waals surface area contributed by atoms with Crippen LogP contribution in [0.4, 0.5) is 10.2 Å². The minimum atomic E-state index is -0.231. The van der Waals surface area contributed by atoms with E-state index in [1.165, 1.54) is 17.8 Å². The summed E-state index contributed by atoms with van der Waals surface area (Å²) in [6.07, 6.45) is 0.740. The minimum absolute atomic E-state index is 0.231. The third-order valence-corrected chi connectivity index (χ3v) is 4.24. The van der Waals surface area contributed by atoms with Crippen LogP contribution in [-0.2, 0) is 23.5 Å². The van der Waals surface area contributed by atoms with Crippen LogP contribution in [0.1, 0.15) is 17.1 Å². The molecule has 0 atom stereocenters. The van der Waals surface area contributed by atoms with Gasteiger partial charge in [0.15, 0.2) is 0 Å². The van der Waals surface area contributed by atoms with Crippen molar-refractivity contribution in [2.75, 3.05) is 12.0 Å². The Hall–Kier alpha value is -1.70. The summed E-state index contributed by atoms with van der Waals surface area (Å²) in [6.45, 7) is 1.11. The molecule has 1 aliphatic rings. The zero-order valence-electron chi connectivity index (χ0n) is 11.3. The van der Waals surface area contributed by atoms with E-state index in [1.807, 2.05) is 6.07 Å². The number of nitrogens with two attached hydrogens (primary N) is 1. The van der Waals surface area contributed by atoms with Gasteiger partial charge in [0.05, 0.1) is 24.7 Å². The fourth-order valence-electron chi connectivity index (χ4n) is 2.17. The maximum absolute atomic E-state index is 13.6. The fraction of sp³-hybridized carbons (Fsp3) is 0.286. The molecule has 0 spiro atoms. The number of aromatic nitrogens is 2. The lowest BCUT2D eigenvalue weighted by molar-refractivity contribution is 0.109. The molecule has 0 saturated heterocycles. The molecule has 0 aliphatic carbocycles. The van der Waals surface area contributed by atoms with Gasteiger partial charge in [-0.2, -0.15) is 0 Å². The zero-order chi connectivity index (χ0) is 14.7. The van der Waals surface area contributed by atoms with E-state index in [0.29, 0.717) is 35.5 Å².